The van der Waals surface area contributed by atoms with Gasteiger partial charge in [-0.3, -0.25) is 0 Å². The summed E-state index contributed by atoms with van der Waals surface area (Å²) in [6, 6.07) is 0.496. The molecule has 4 unspecified atom stereocenters. The molecule has 3 saturated carbocycles. The standard InChI is InChI=1S/C16H30N2/c1-16(7-3-2-4-8-16)11-18-10-14-12-5-6-13(9-12)15(14)17/h12-15,18H,2-11,17H2,1H3. The lowest BCUT2D eigenvalue weighted by Crippen LogP contribution is -2.43. The summed E-state index contributed by atoms with van der Waals surface area (Å²) in [7, 11) is 0. The summed E-state index contributed by atoms with van der Waals surface area (Å²) in [5, 5.41) is 3.77. The molecule has 0 aromatic rings. The predicted molar refractivity (Wildman–Crippen MR) is 76.4 cm³/mol. The van der Waals surface area contributed by atoms with Crippen LogP contribution in [0.2, 0.25) is 0 Å². The minimum absolute atomic E-state index is 0.496. The minimum atomic E-state index is 0.496. The first kappa shape index (κ1) is 12.9. The SMILES string of the molecule is CC1(CNCC2C3CCC(C3)C2N)CCCCC1. The van der Waals surface area contributed by atoms with Gasteiger partial charge in [0.1, 0.15) is 0 Å². The van der Waals surface area contributed by atoms with Crippen LogP contribution in [0.4, 0.5) is 0 Å². The van der Waals surface area contributed by atoms with Crippen molar-refractivity contribution in [3.8, 4) is 0 Å². The van der Waals surface area contributed by atoms with Crippen molar-refractivity contribution < 1.29 is 0 Å². The summed E-state index contributed by atoms with van der Waals surface area (Å²) < 4.78 is 0. The monoisotopic (exact) mass is 250 g/mol. The number of nitrogens with two attached hydrogens (primary N) is 1. The molecule has 3 aliphatic rings. The van der Waals surface area contributed by atoms with Gasteiger partial charge in [-0.15, -0.1) is 0 Å². The van der Waals surface area contributed by atoms with Crippen LogP contribution in [0.25, 0.3) is 0 Å². The fourth-order valence-electron chi connectivity index (χ4n) is 4.88. The Hall–Kier alpha value is -0.0800. The summed E-state index contributed by atoms with van der Waals surface area (Å²) in [5.41, 5.74) is 6.95. The van der Waals surface area contributed by atoms with E-state index in [4.69, 9.17) is 5.73 Å². The van der Waals surface area contributed by atoms with Gasteiger partial charge in [-0.1, -0.05) is 26.2 Å². The van der Waals surface area contributed by atoms with E-state index in [0.29, 0.717) is 11.5 Å². The molecule has 3 fully saturated rings. The average Bonchev–Trinajstić information content (AvgIpc) is 2.93. The molecule has 0 aliphatic heterocycles. The van der Waals surface area contributed by atoms with E-state index in [-0.39, 0.29) is 0 Å². The Kier molecular flexibility index (Phi) is 3.68. The van der Waals surface area contributed by atoms with Gasteiger partial charge in [0.25, 0.3) is 0 Å². The summed E-state index contributed by atoms with van der Waals surface area (Å²) in [5.74, 6) is 2.57. The molecule has 2 heteroatoms. The average molecular weight is 250 g/mol. The second-order valence-corrected chi connectivity index (χ2v) is 7.58. The second kappa shape index (κ2) is 5.13. The highest BCUT2D eigenvalue weighted by atomic mass is 14.9. The lowest BCUT2D eigenvalue weighted by molar-refractivity contribution is 0.194. The maximum atomic E-state index is 6.38. The Morgan fingerprint density at radius 2 is 1.83 bits per heavy atom. The van der Waals surface area contributed by atoms with Crippen molar-refractivity contribution in [2.24, 2.45) is 28.9 Å². The molecular formula is C16H30N2. The third-order valence-electron chi connectivity index (χ3n) is 6.15. The molecule has 2 bridgehead atoms. The van der Waals surface area contributed by atoms with Gasteiger partial charge >= 0.3 is 0 Å². The molecule has 18 heavy (non-hydrogen) atoms. The maximum absolute atomic E-state index is 6.38. The molecule has 3 aliphatic carbocycles. The van der Waals surface area contributed by atoms with Crippen LogP contribution in [0.3, 0.4) is 0 Å². The van der Waals surface area contributed by atoms with Crippen LogP contribution < -0.4 is 11.1 Å². The van der Waals surface area contributed by atoms with E-state index in [2.05, 4.69) is 12.2 Å². The first-order chi connectivity index (χ1) is 8.68. The molecule has 3 N–H and O–H groups in total. The third kappa shape index (κ3) is 2.46. The zero-order valence-electron chi connectivity index (χ0n) is 12.0. The quantitative estimate of drug-likeness (QED) is 0.805. The van der Waals surface area contributed by atoms with Crippen molar-refractivity contribution >= 4 is 0 Å². The normalized spacial score (nSPS) is 42.3. The van der Waals surface area contributed by atoms with E-state index in [9.17, 15) is 0 Å². The van der Waals surface area contributed by atoms with Crippen LogP contribution in [-0.4, -0.2) is 19.1 Å². The van der Waals surface area contributed by atoms with E-state index >= 15 is 0 Å². The number of hydrogen-bond donors (Lipinski definition) is 2. The van der Waals surface area contributed by atoms with Crippen molar-refractivity contribution in [2.45, 2.75) is 64.3 Å². The molecule has 4 atom stereocenters. The van der Waals surface area contributed by atoms with E-state index in [1.165, 1.54) is 64.5 Å². The van der Waals surface area contributed by atoms with E-state index in [1.54, 1.807) is 0 Å². The molecular weight excluding hydrogens is 220 g/mol. The van der Waals surface area contributed by atoms with Gasteiger partial charge in [-0.2, -0.15) is 0 Å². The number of fused-ring (bicyclic) bond motifs is 2. The molecule has 0 radical (unpaired) electrons. The van der Waals surface area contributed by atoms with Gasteiger partial charge < -0.3 is 11.1 Å². The Bertz CT molecular complexity index is 281. The molecule has 0 heterocycles. The van der Waals surface area contributed by atoms with Crippen molar-refractivity contribution in [2.75, 3.05) is 13.1 Å². The number of nitrogens with one attached hydrogen (secondary N) is 1. The number of rotatable bonds is 4. The van der Waals surface area contributed by atoms with Crippen LogP contribution in [0.15, 0.2) is 0 Å². The highest BCUT2D eigenvalue weighted by Gasteiger charge is 2.45. The molecule has 2 nitrogen and oxygen atoms in total. The smallest absolute Gasteiger partial charge is 0.0110 e. The summed E-state index contributed by atoms with van der Waals surface area (Å²) in [4.78, 5) is 0. The van der Waals surface area contributed by atoms with Crippen LogP contribution in [-0.2, 0) is 0 Å². The maximum Gasteiger partial charge on any atom is 0.0110 e. The van der Waals surface area contributed by atoms with E-state index in [0.717, 1.165) is 17.8 Å². The number of hydrogen-bond acceptors (Lipinski definition) is 2. The Balaban J connectivity index is 1.44. The molecule has 0 spiro atoms. The Labute approximate surface area is 112 Å². The highest BCUT2D eigenvalue weighted by Crippen LogP contribution is 2.47. The summed E-state index contributed by atoms with van der Waals surface area (Å²) >= 11 is 0. The molecule has 0 amide bonds. The predicted octanol–water partition coefficient (Wildman–Crippen LogP) is 2.92. The van der Waals surface area contributed by atoms with Gasteiger partial charge in [-0.05, 0) is 61.8 Å². The molecule has 104 valence electrons. The van der Waals surface area contributed by atoms with Crippen molar-refractivity contribution in [3.05, 3.63) is 0 Å². The topological polar surface area (TPSA) is 38.0 Å². The molecule has 0 aromatic carbocycles. The van der Waals surface area contributed by atoms with Crippen molar-refractivity contribution in [1.29, 1.82) is 0 Å². The van der Waals surface area contributed by atoms with Crippen molar-refractivity contribution in [1.82, 2.24) is 5.32 Å². The fraction of sp³-hybridized carbons (Fsp3) is 1.00. The van der Waals surface area contributed by atoms with Gasteiger partial charge in [0, 0.05) is 12.6 Å². The first-order valence-corrected chi connectivity index (χ1v) is 8.14. The van der Waals surface area contributed by atoms with Crippen molar-refractivity contribution in [3.63, 3.8) is 0 Å². The van der Waals surface area contributed by atoms with Gasteiger partial charge in [0.2, 0.25) is 0 Å². The summed E-state index contributed by atoms with van der Waals surface area (Å²) in [6.45, 7) is 4.87. The fourth-order valence-corrected chi connectivity index (χ4v) is 4.88. The Morgan fingerprint density at radius 1 is 1.11 bits per heavy atom. The largest absolute Gasteiger partial charge is 0.327 e. The third-order valence-corrected chi connectivity index (χ3v) is 6.15. The van der Waals surface area contributed by atoms with Gasteiger partial charge in [-0.25, -0.2) is 0 Å². The second-order valence-electron chi connectivity index (χ2n) is 7.58. The molecule has 3 rings (SSSR count). The highest BCUT2D eigenvalue weighted by molar-refractivity contribution is 4.99. The zero-order chi connectivity index (χ0) is 12.6. The molecule has 0 aromatic heterocycles. The van der Waals surface area contributed by atoms with Crippen LogP contribution in [0.1, 0.15) is 58.3 Å². The summed E-state index contributed by atoms with van der Waals surface area (Å²) in [6.07, 6.45) is 11.4. The molecule has 0 saturated heterocycles. The van der Waals surface area contributed by atoms with Crippen LogP contribution in [0.5, 0.6) is 0 Å². The van der Waals surface area contributed by atoms with Gasteiger partial charge in [0.15, 0.2) is 0 Å². The van der Waals surface area contributed by atoms with Gasteiger partial charge in [0.05, 0.1) is 0 Å². The first-order valence-electron chi connectivity index (χ1n) is 8.14. The van der Waals surface area contributed by atoms with Crippen LogP contribution in [0, 0.1) is 23.2 Å². The minimum Gasteiger partial charge on any atom is -0.327 e. The lowest BCUT2D eigenvalue weighted by atomic mass is 9.75. The van der Waals surface area contributed by atoms with E-state index in [1.807, 2.05) is 0 Å². The lowest BCUT2D eigenvalue weighted by Gasteiger charge is -2.35. The van der Waals surface area contributed by atoms with E-state index < -0.39 is 0 Å². The van der Waals surface area contributed by atoms with Crippen LogP contribution >= 0.6 is 0 Å². The Morgan fingerprint density at radius 3 is 2.50 bits per heavy atom. The zero-order valence-corrected chi connectivity index (χ0v) is 12.0.